The summed E-state index contributed by atoms with van der Waals surface area (Å²) in [6.45, 7) is 3.55. The molecule has 0 aliphatic carbocycles. The number of carbonyl (C=O) groups excluding carboxylic acids is 3. The first kappa shape index (κ1) is 23.2. The van der Waals surface area contributed by atoms with Gasteiger partial charge in [-0.15, -0.1) is 11.3 Å². The molecule has 0 aliphatic heterocycles. The van der Waals surface area contributed by atoms with E-state index in [0.717, 1.165) is 27.4 Å². The Labute approximate surface area is 199 Å². The van der Waals surface area contributed by atoms with Crippen LogP contribution in [-0.4, -0.2) is 41.9 Å². The van der Waals surface area contributed by atoms with E-state index in [-0.39, 0.29) is 12.4 Å². The second-order valence-electron chi connectivity index (χ2n) is 7.48. The Morgan fingerprint density at radius 2 is 1.65 bits per heavy atom. The number of oxime groups is 1. The van der Waals surface area contributed by atoms with Crippen molar-refractivity contribution in [2.24, 2.45) is 5.16 Å². The number of hydrogen-bond donors (Lipinski definition) is 0. The number of ketones is 1. The van der Waals surface area contributed by atoms with Crippen LogP contribution in [0, 0.1) is 0 Å². The molecule has 4 rings (SSSR count). The molecular formula is C25H22N2O6S. The van der Waals surface area contributed by atoms with Gasteiger partial charge in [-0.1, -0.05) is 17.3 Å². The van der Waals surface area contributed by atoms with Crippen LogP contribution in [0.25, 0.3) is 21.8 Å². The molecule has 9 heteroatoms. The zero-order chi connectivity index (χ0) is 24.2. The first-order valence-electron chi connectivity index (χ1n) is 10.5. The number of ether oxygens (including phenoxy) is 2. The second-order valence-corrected chi connectivity index (χ2v) is 8.43. The van der Waals surface area contributed by atoms with Gasteiger partial charge in [-0.25, -0.2) is 9.59 Å². The van der Waals surface area contributed by atoms with Crippen molar-refractivity contribution in [2.45, 2.75) is 20.4 Å². The standard InChI is InChI=1S/C25H22N2O6S/c1-15(26-33-16(2)28)17-6-8-21-19(13-17)20-14-18(24(29)23-5-4-12-34-23)7-9-22(20)27(21)10-11-32-25(30)31-3/h4-9,12-14H,10-11H2,1-3H3/b26-15-. The van der Waals surface area contributed by atoms with E-state index < -0.39 is 12.1 Å². The minimum Gasteiger partial charge on any atom is -0.438 e. The number of methoxy groups -OCH3 is 1. The summed E-state index contributed by atoms with van der Waals surface area (Å²) in [5.74, 6) is -0.546. The lowest BCUT2D eigenvalue weighted by Gasteiger charge is -2.08. The Morgan fingerprint density at radius 1 is 0.971 bits per heavy atom. The largest absolute Gasteiger partial charge is 0.508 e. The maximum Gasteiger partial charge on any atom is 0.508 e. The average Bonchev–Trinajstić information content (AvgIpc) is 3.48. The van der Waals surface area contributed by atoms with Crippen molar-refractivity contribution in [3.05, 3.63) is 69.9 Å². The van der Waals surface area contributed by atoms with Crippen LogP contribution in [0.5, 0.6) is 0 Å². The summed E-state index contributed by atoms with van der Waals surface area (Å²) >= 11 is 1.40. The highest BCUT2D eigenvalue weighted by Gasteiger charge is 2.17. The predicted molar refractivity (Wildman–Crippen MR) is 130 cm³/mol. The van der Waals surface area contributed by atoms with Gasteiger partial charge in [0.05, 0.1) is 24.2 Å². The zero-order valence-electron chi connectivity index (χ0n) is 18.9. The quantitative estimate of drug-likeness (QED) is 0.120. The number of nitrogens with zero attached hydrogens (tertiary/aromatic N) is 2. The van der Waals surface area contributed by atoms with E-state index in [0.29, 0.717) is 22.7 Å². The summed E-state index contributed by atoms with van der Waals surface area (Å²) in [5, 5.41) is 7.52. The fourth-order valence-electron chi connectivity index (χ4n) is 3.73. The Bertz CT molecular complexity index is 1420. The second kappa shape index (κ2) is 9.88. The van der Waals surface area contributed by atoms with Crippen LogP contribution in [0.4, 0.5) is 4.79 Å². The van der Waals surface area contributed by atoms with E-state index in [2.05, 4.69) is 9.89 Å². The predicted octanol–water partition coefficient (Wildman–Crippen LogP) is 5.16. The Balaban J connectivity index is 1.82. The number of benzene rings is 2. The summed E-state index contributed by atoms with van der Waals surface area (Å²) < 4.78 is 11.7. The molecule has 4 aromatic rings. The summed E-state index contributed by atoms with van der Waals surface area (Å²) in [4.78, 5) is 40.9. The van der Waals surface area contributed by atoms with E-state index in [4.69, 9.17) is 9.57 Å². The minimum absolute atomic E-state index is 0.0458. The molecule has 0 saturated carbocycles. The average molecular weight is 479 g/mol. The lowest BCUT2D eigenvalue weighted by atomic mass is 10.0. The maximum absolute atomic E-state index is 13.0. The van der Waals surface area contributed by atoms with E-state index in [1.807, 2.05) is 46.3 Å². The van der Waals surface area contributed by atoms with Gasteiger partial charge < -0.3 is 18.9 Å². The van der Waals surface area contributed by atoms with Crippen molar-refractivity contribution < 1.29 is 28.7 Å². The highest BCUT2D eigenvalue weighted by molar-refractivity contribution is 7.12. The molecule has 0 fully saturated rings. The first-order valence-corrected chi connectivity index (χ1v) is 11.3. The molecule has 174 valence electrons. The molecule has 0 atom stereocenters. The van der Waals surface area contributed by atoms with Crippen molar-refractivity contribution in [3.63, 3.8) is 0 Å². The highest BCUT2D eigenvalue weighted by atomic mass is 32.1. The third kappa shape index (κ3) is 4.69. The summed E-state index contributed by atoms with van der Waals surface area (Å²) in [7, 11) is 1.26. The van der Waals surface area contributed by atoms with Gasteiger partial charge in [-0.05, 0) is 54.3 Å². The molecule has 0 radical (unpaired) electrons. The Morgan fingerprint density at radius 3 is 2.26 bits per heavy atom. The highest BCUT2D eigenvalue weighted by Crippen LogP contribution is 2.32. The minimum atomic E-state index is -0.746. The van der Waals surface area contributed by atoms with Crippen LogP contribution in [-0.2, 0) is 25.7 Å². The molecule has 2 heterocycles. The van der Waals surface area contributed by atoms with Gasteiger partial charge in [0.25, 0.3) is 0 Å². The lowest BCUT2D eigenvalue weighted by Crippen LogP contribution is -2.11. The van der Waals surface area contributed by atoms with Gasteiger partial charge in [0, 0.05) is 34.3 Å². The summed E-state index contributed by atoms with van der Waals surface area (Å²) in [6.07, 6.45) is -0.746. The Hall–Kier alpha value is -3.98. The van der Waals surface area contributed by atoms with Crippen molar-refractivity contribution >= 4 is 56.8 Å². The molecular weight excluding hydrogens is 456 g/mol. The van der Waals surface area contributed by atoms with Gasteiger partial charge in [0.2, 0.25) is 5.78 Å². The smallest absolute Gasteiger partial charge is 0.438 e. The maximum atomic E-state index is 13.0. The molecule has 0 amide bonds. The van der Waals surface area contributed by atoms with Crippen molar-refractivity contribution in [3.8, 4) is 0 Å². The van der Waals surface area contributed by atoms with Gasteiger partial charge in [-0.3, -0.25) is 4.79 Å². The van der Waals surface area contributed by atoms with E-state index in [1.54, 1.807) is 19.1 Å². The normalized spacial score (nSPS) is 11.6. The molecule has 0 N–H and O–H groups in total. The summed E-state index contributed by atoms with van der Waals surface area (Å²) in [6, 6.07) is 15.0. The van der Waals surface area contributed by atoms with Crippen molar-refractivity contribution in [1.82, 2.24) is 4.57 Å². The molecule has 0 unspecified atom stereocenters. The molecule has 34 heavy (non-hydrogen) atoms. The lowest BCUT2D eigenvalue weighted by molar-refractivity contribution is -0.140. The molecule has 8 nitrogen and oxygen atoms in total. The van der Waals surface area contributed by atoms with Gasteiger partial charge in [0.15, 0.2) is 0 Å². The van der Waals surface area contributed by atoms with Crippen LogP contribution in [0.3, 0.4) is 0 Å². The van der Waals surface area contributed by atoms with Crippen LogP contribution >= 0.6 is 11.3 Å². The monoisotopic (exact) mass is 478 g/mol. The number of fused-ring (bicyclic) bond motifs is 3. The third-order valence-electron chi connectivity index (χ3n) is 5.30. The SMILES string of the molecule is COC(=O)OCCn1c2ccc(C(=O)c3cccs3)cc2c2cc(/C(C)=N\OC(C)=O)ccc21. The fraction of sp³-hybridized carbons (Fsp3) is 0.200. The topological polar surface area (TPSA) is 96.2 Å². The molecule has 0 spiro atoms. The number of aromatic nitrogens is 1. The van der Waals surface area contributed by atoms with Crippen LogP contribution < -0.4 is 0 Å². The van der Waals surface area contributed by atoms with Crippen LogP contribution in [0.15, 0.2) is 59.1 Å². The van der Waals surface area contributed by atoms with Gasteiger partial charge in [0.1, 0.15) is 6.61 Å². The molecule has 0 aliphatic rings. The number of rotatable bonds is 7. The van der Waals surface area contributed by atoms with E-state index >= 15 is 0 Å². The van der Waals surface area contributed by atoms with E-state index in [1.165, 1.54) is 25.4 Å². The zero-order valence-corrected chi connectivity index (χ0v) is 19.7. The molecule has 2 aromatic heterocycles. The first-order chi connectivity index (χ1) is 16.4. The van der Waals surface area contributed by atoms with Crippen molar-refractivity contribution in [1.29, 1.82) is 0 Å². The molecule has 0 bridgehead atoms. The summed E-state index contributed by atoms with van der Waals surface area (Å²) in [5.41, 5.74) is 3.67. The molecule has 2 aromatic carbocycles. The number of hydrogen-bond acceptors (Lipinski definition) is 8. The Kier molecular flexibility index (Phi) is 6.74. The van der Waals surface area contributed by atoms with Crippen LogP contribution in [0.1, 0.15) is 34.6 Å². The fourth-order valence-corrected chi connectivity index (χ4v) is 4.41. The van der Waals surface area contributed by atoms with E-state index in [9.17, 15) is 14.4 Å². The number of thiophene rings is 1. The number of carbonyl (C=O) groups is 3. The van der Waals surface area contributed by atoms with Crippen molar-refractivity contribution in [2.75, 3.05) is 13.7 Å². The van der Waals surface area contributed by atoms with Gasteiger partial charge in [-0.2, -0.15) is 0 Å². The van der Waals surface area contributed by atoms with Gasteiger partial charge >= 0.3 is 12.1 Å². The molecule has 0 saturated heterocycles. The van der Waals surface area contributed by atoms with Crippen LogP contribution in [0.2, 0.25) is 0 Å². The third-order valence-corrected chi connectivity index (χ3v) is 6.17.